The normalized spacial score (nSPS) is 18.0. The lowest BCUT2D eigenvalue weighted by Gasteiger charge is -2.23. The Hall–Kier alpha value is -2.40. The molecule has 0 unspecified atom stereocenters. The van der Waals surface area contributed by atoms with E-state index in [0.29, 0.717) is 79.0 Å². The van der Waals surface area contributed by atoms with Gasteiger partial charge in [-0.1, -0.05) is 0 Å². The Kier molecular flexibility index (Phi) is 20.9. The maximum atomic E-state index is 12.5. The van der Waals surface area contributed by atoms with Crippen LogP contribution >= 0.6 is 0 Å². The molecule has 1 heterocycles. The molecule has 0 saturated carbocycles. The average molecular weight is 565 g/mol. The monoisotopic (exact) mass is 564 g/mol. The number of carbonyl (C=O) groups is 4. The van der Waals surface area contributed by atoms with Crippen LogP contribution in [0.4, 0.5) is 0 Å². The number of likely N-dealkylation sites (N-methyl/N-ethyl adjacent to an activating group) is 2. The third kappa shape index (κ3) is 18.5. The average Bonchev–Trinajstić information content (AvgIpc) is 2.93. The van der Waals surface area contributed by atoms with Gasteiger partial charge in [0.1, 0.15) is 26.4 Å². The highest BCUT2D eigenvalue weighted by Gasteiger charge is 2.16. The molecule has 1 aliphatic heterocycles. The molecule has 1 saturated heterocycles. The van der Waals surface area contributed by atoms with Crippen LogP contribution in [0.15, 0.2) is 0 Å². The lowest BCUT2D eigenvalue weighted by atomic mass is 10.4. The summed E-state index contributed by atoms with van der Waals surface area (Å²) in [6.45, 7) is 3.63. The molecule has 2 N–H and O–H groups in total. The van der Waals surface area contributed by atoms with Gasteiger partial charge in [-0.05, 0) is 0 Å². The number of hydrogen-bond acceptors (Lipinski definition) is 11. The molecular weight excluding hydrogens is 520 g/mol. The summed E-state index contributed by atoms with van der Waals surface area (Å²) in [4.78, 5) is 50.8. The first-order chi connectivity index (χ1) is 19.0. The van der Waals surface area contributed by atoms with Crippen molar-refractivity contribution in [1.29, 1.82) is 0 Å². The first-order valence-electron chi connectivity index (χ1n) is 13.0. The molecule has 0 atom stereocenters. The van der Waals surface area contributed by atoms with E-state index >= 15 is 0 Å². The lowest BCUT2D eigenvalue weighted by molar-refractivity contribution is -0.141. The minimum absolute atomic E-state index is 0.201. The van der Waals surface area contributed by atoms with E-state index in [1.54, 1.807) is 9.80 Å². The smallest absolute Gasteiger partial charge is 0.248 e. The van der Waals surface area contributed by atoms with Gasteiger partial charge in [-0.2, -0.15) is 0 Å². The molecule has 226 valence electrons. The Morgan fingerprint density at radius 3 is 1.08 bits per heavy atom. The summed E-state index contributed by atoms with van der Waals surface area (Å²) in [5.74, 6) is -1.19. The zero-order valence-electron chi connectivity index (χ0n) is 23.1. The minimum atomic E-state index is -0.316. The molecule has 1 rings (SSSR count). The fourth-order valence-electron chi connectivity index (χ4n) is 3.07. The van der Waals surface area contributed by atoms with Crippen molar-refractivity contribution in [3.63, 3.8) is 0 Å². The van der Waals surface area contributed by atoms with Gasteiger partial charge in [-0.3, -0.25) is 19.2 Å². The Labute approximate surface area is 229 Å². The van der Waals surface area contributed by atoms with Crippen molar-refractivity contribution in [1.82, 2.24) is 20.4 Å². The van der Waals surface area contributed by atoms with Crippen molar-refractivity contribution >= 4 is 23.6 Å². The maximum Gasteiger partial charge on any atom is 0.248 e. The summed E-state index contributed by atoms with van der Waals surface area (Å²) in [6, 6.07) is 0. The highest BCUT2D eigenvalue weighted by atomic mass is 16.5. The van der Waals surface area contributed by atoms with Crippen molar-refractivity contribution in [2.45, 2.75) is 0 Å². The minimum Gasteiger partial charge on any atom is -0.377 e. The standard InChI is InChI=1S/C24H44N4O11/c1-25-21(29)17-38-19-23(31)27-3-7-33-11-12-34-8-4-28(24(32)20-39-18-22(30)26-2)6-10-36-14-16-37-15-13-35-9-5-27/h3-20H2,1-2H3,(H,25,29)(H,26,30). The third-order valence-corrected chi connectivity index (χ3v) is 5.32. The third-order valence-electron chi connectivity index (χ3n) is 5.32. The zero-order chi connectivity index (χ0) is 28.6. The highest BCUT2D eigenvalue weighted by molar-refractivity contribution is 5.80. The Morgan fingerprint density at radius 1 is 0.513 bits per heavy atom. The molecule has 15 nitrogen and oxygen atoms in total. The van der Waals surface area contributed by atoms with Crippen LogP contribution in [0, 0.1) is 0 Å². The maximum absolute atomic E-state index is 12.5. The van der Waals surface area contributed by atoms with E-state index in [0.717, 1.165) is 0 Å². The number of hydrogen-bond donors (Lipinski definition) is 2. The second kappa shape index (κ2) is 23.5. The number of carbonyl (C=O) groups excluding carboxylic acids is 4. The van der Waals surface area contributed by atoms with E-state index in [2.05, 4.69) is 10.6 Å². The van der Waals surface area contributed by atoms with Crippen molar-refractivity contribution < 1.29 is 52.3 Å². The summed E-state index contributed by atoms with van der Waals surface area (Å²) >= 11 is 0. The molecular formula is C24H44N4O11. The fourth-order valence-corrected chi connectivity index (χ4v) is 3.07. The number of rotatable bonds is 8. The lowest BCUT2D eigenvalue weighted by Crippen LogP contribution is -2.40. The molecule has 0 bridgehead atoms. The van der Waals surface area contributed by atoms with Crippen LogP contribution in [0.2, 0.25) is 0 Å². The fraction of sp³-hybridized carbons (Fsp3) is 0.833. The molecule has 0 aromatic heterocycles. The SMILES string of the molecule is CNC(=O)COCC(=O)N1CCOCCOCCOCCN(C(=O)COCC(=O)NC)CCOCCOCC1. The molecule has 15 heteroatoms. The summed E-state index contributed by atoms with van der Waals surface area (Å²) in [5, 5.41) is 4.85. The largest absolute Gasteiger partial charge is 0.377 e. The van der Waals surface area contributed by atoms with E-state index in [9.17, 15) is 19.2 Å². The first kappa shape index (κ1) is 34.6. The van der Waals surface area contributed by atoms with Gasteiger partial charge in [-0.25, -0.2) is 0 Å². The van der Waals surface area contributed by atoms with Crippen LogP contribution in [-0.2, 0) is 52.3 Å². The number of nitrogens with one attached hydrogen (secondary N) is 2. The van der Waals surface area contributed by atoms with Crippen molar-refractivity contribution in [2.75, 3.05) is 133 Å². The molecule has 0 aliphatic carbocycles. The van der Waals surface area contributed by atoms with Gasteiger partial charge in [0.25, 0.3) is 0 Å². The van der Waals surface area contributed by atoms with Crippen LogP contribution in [-0.4, -0.2) is 166 Å². The van der Waals surface area contributed by atoms with Crippen molar-refractivity contribution in [3.05, 3.63) is 0 Å². The molecule has 39 heavy (non-hydrogen) atoms. The van der Waals surface area contributed by atoms with Gasteiger partial charge < -0.3 is 53.6 Å². The molecule has 4 amide bonds. The molecule has 0 aromatic carbocycles. The summed E-state index contributed by atoms with van der Waals surface area (Å²) in [7, 11) is 2.98. The van der Waals surface area contributed by atoms with Gasteiger partial charge in [0.2, 0.25) is 23.6 Å². The Bertz CT molecular complexity index is 643. The van der Waals surface area contributed by atoms with Gasteiger partial charge in [-0.15, -0.1) is 0 Å². The van der Waals surface area contributed by atoms with Crippen LogP contribution < -0.4 is 10.6 Å². The number of amides is 4. The molecule has 0 radical (unpaired) electrons. The predicted octanol–water partition coefficient (Wildman–Crippen LogP) is -2.73. The Balaban J connectivity index is 2.52. The van der Waals surface area contributed by atoms with Crippen LogP contribution in [0.3, 0.4) is 0 Å². The quantitative estimate of drug-likeness (QED) is 0.315. The highest BCUT2D eigenvalue weighted by Crippen LogP contribution is 1.97. The van der Waals surface area contributed by atoms with Gasteiger partial charge in [0, 0.05) is 40.3 Å². The van der Waals surface area contributed by atoms with Gasteiger partial charge in [0.05, 0.1) is 66.1 Å². The van der Waals surface area contributed by atoms with E-state index in [1.165, 1.54) is 14.1 Å². The van der Waals surface area contributed by atoms with Crippen LogP contribution in [0.5, 0.6) is 0 Å². The van der Waals surface area contributed by atoms with E-state index in [-0.39, 0.29) is 63.3 Å². The first-order valence-corrected chi connectivity index (χ1v) is 13.0. The van der Waals surface area contributed by atoms with Crippen molar-refractivity contribution in [2.24, 2.45) is 0 Å². The van der Waals surface area contributed by atoms with Crippen molar-refractivity contribution in [3.8, 4) is 0 Å². The zero-order valence-corrected chi connectivity index (χ0v) is 23.1. The number of nitrogens with zero attached hydrogens (tertiary/aromatic N) is 2. The summed E-state index contributed by atoms with van der Waals surface area (Å²) < 4.78 is 38.1. The predicted molar refractivity (Wildman–Crippen MR) is 137 cm³/mol. The Morgan fingerprint density at radius 2 is 0.795 bits per heavy atom. The van der Waals surface area contributed by atoms with E-state index in [4.69, 9.17) is 33.2 Å². The van der Waals surface area contributed by atoms with Crippen LogP contribution in [0.1, 0.15) is 0 Å². The molecule has 1 fully saturated rings. The molecule has 0 spiro atoms. The van der Waals surface area contributed by atoms with E-state index < -0.39 is 0 Å². The number of ether oxygens (including phenoxy) is 7. The molecule has 0 aromatic rings. The summed E-state index contributed by atoms with van der Waals surface area (Å²) in [6.07, 6.45) is 0. The second-order valence-electron chi connectivity index (χ2n) is 8.16. The topological polar surface area (TPSA) is 163 Å². The summed E-state index contributed by atoms with van der Waals surface area (Å²) in [5.41, 5.74) is 0. The molecule has 1 aliphatic rings. The second-order valence-corrected chi connectivity index (χ2v) is 8.16. The van der Waals surface area contributed by atoms with Gasteiger partial charge >= 0.3 is 0 Å². The van der Waals surface area contributed by atoms with E-state index in [1.807, 2.05) is 0 Å². The van der Waals surface area contributed by atoms with Crippen LogP contribution in [0.25, 0.3) is 0 Å². The van der Waals surface area contributed by atoms with Gasteiger partial charge in [0.15, 0.2) is 0 Å².